The highest BCUT2D eigenvalue weighted by Gasteiger charge is 2.09. The number of nitrogens with two attached hydrogens (primary N) is 1. The second-order valence-electron chi connectivity index (χ2n) is 6.22. The maximum Gasteiger partial charge on any atom is 0.463 e. The van der Waals surface area contributed by atoms with Crippen LogP contribution in [0, 0.1) is 6.92 Å². The average molecular weight is 415 g/mol. The van der Waals surface area contributed by atoms with E-state index in [4.69, 9.17) is 17.3 Å². The van der Waals surface area contributed by atoms with Crippen LogP contribution >= 0.6 is 11.6 Å². The van der Waals surface area contributed by atoms with Gasteiger partial charge in [0.15, 0.2) is 0 Å². The van der Waals surface area contributed by atoms with Gasteiger partial charge in [0, 0.05) is 45.2 Å². The van der Waals surface area contributed by atoms with Crippen molar-refractivity contribution in [2.24, 2.45) is 0 Å². The predicted octanol–water partition coefficient (Wildman–Crippen LogP) is 4.14. The van der Waals surface area contributed by atoms with E-state index in [1.165, 1.54) is 0 Å². The van der Waals surface area contributed by atoms with Gasteiger partial charge in [-0.2, -0.15) is 4.98 Å². The minimum atomic E-state index is 0.208. The van der Waals surface area contributed by atoms with Gasteiger partial charge < -0.3 is 16.4 Å². The van der Waals surface area contributed by atoms with Crippen molar-refractivity contribution < 1.29 is 4.21 Å². The second kappa shape index (κ2) is 9.43. The lowest BCUT2D eigenvalue weighted by atomic mass is 10.1. The highest BCUT2D eigenvalue weighted by Crippen LogP contribution is 2.28. The number of nitrogens with one attached hydrogen (secondary N) is 2. The number of benzene rings is 2. The molecule has 3 rings (SSSR count). The maximum atomic E-state index is 10.6. The van der Waals surface area contributed by atoms with Crippen molar-refractivity contribution in [2.75, 3.05) is 29.5 Å². The number of anilines is 3. The third kappa shape index (κ3) is 5.15. The number of halogens is 1. The van der Waals surface area contributed by atoms with Crippen molar-refractivity contribution in [3.63, 3.8) is 0 Å². The molecule has 0 aliphatic heterocycles. The van der Waals surface area contributed by atoms with Crippen molar-refractivity contribution >= 4 is 40.7 Å². The van der Waals surface area contributed by atoms with Crippen LogP contribution < -0.4 is 16.4 Å². The first-order valence-electron chi connectivity index (χ1n) is 8.78. The van der Waals surface area contributed by atoms with Gasteiger partial charge in [-0.15, -0.1) is 0 Å². The molecule has 3 aromatic rings. The third-order valence-corrected chi connectivity index (χ3v) is 5.09. The summed E-state index contributed by atoms with van der Waals surface area (Å²) >= 11 is 6.79. The zero-order valence-corrected chi connectivity index (χ0v) is 17.0. The maximum absolute atomic E-state index is 10.6. The number of hydrogen-bond acceptors (Lipinski definition) is 6. The van der Waals surface area contributed by atoms with Crippen LogP contribution in [-0.2, 0) is 21.6 Å². The highest BCUT2D eigenvalue weighted by atomic mass is 35.5. The fourth-order valence-electron chi connectivity index (χ4n) is 2.76. The quantitative estimate of drug-likeness (QED) is 0.379. The van der Waals surface area contributed by atoms with Gasteiger partial charge in [0.25, 0.3) is 5.75 Å². The number of rotatable bonds is 8. The van der Waals surface area contributed by atoms with Gasteiger partial charge in [-0.25, -0.2) is 4.98 Å². The fraction of sp³-hybridized carbons (Fsp3) is 0.200. The van der Waals surface area contributed by atoms with E-state index in [2.05, 4.69) is 20.6 Å². The molecule has 0 radical (unpaired) electrons. The van der Waals surface area contributed by atoms with Crippen LogP contribution in [0.15, 0.2) is 48.5 Å². The average Bonchev–Trinajstić information content (AvgIpc) is 2.68. The molecule has 0 unspecified atom stereocenters. The second-order valence-corrected chi connectivity index (χ2v) is 7.15. The summed E-state index contributed by atoms with van der Waals surface area (Å²) in [5, 5.41) is 7.27. The zero-order chi connectivity index (χ0) is 19.9. The van der Waals surface area contributed by atoms with E-state index in [1.807, 2.05) is 55.5 Å². The first-order chi connectivity index (χ1) is 13.6. The molecule has 1 heterocycles. The van der Waals surface area contributed by atoms with Gasteiger partial charge in [0.05, 0.1) is 5.69 Å². The summed E-state index contributed by atoms with van der Waals surface area (Å²) in [7, 11) is 0. The van der Waals surface area contributed by atoms with Gasteiger partial charge in [-0.1, -0.05) is 35.9 Å². The Kier molecular flexibility index (Phi) is 6.73. The molecule has 0 spiro atoms. The van der Waals surface area contributed by atoms with Gasteiger partial charge in [0.1, 0.15) is 5.82 Å². The Hall–Kier alpha value is -2.77. The Labute approximate surface area is 173 Å². The van der Waals surface area contributed by atoms with Gasteiger partial charge in [-0.3, -0.25) is 0 Å². The number of nitrogens with zero attached hydrogens (tertiary/aromatic N) is 2. The van der Waals surface area contributed by atoms with E-state index in [9.17, 15) is 4.21 Å². The largest absolute Gasteiger partial charge is 0.463 e. The van der Waals surface area contributed by atoms with Crippen LogP contribution in [0.4, 0.5) is 17.5 Å². The lowest BCUT2D eigenvalue weighted by Gasteiger charge is -2.11. The SMILES string of the molecule is Cc1c(Cl)cccc1-c1cc(NCCNc2ccc(C[S+]=O)cc2)nc(N)n1. The van der Waals surface area contributed by atoms with Crippen molar-refractivity contribution in [1.82, 2.24) is 9.97 Å². The molecule has 28 heavy (non-hydrogen) atoms. The first kappa shape index (κ1) is 20.0. The van der Waals surface area contributed by atoms with Crippen molar-refractivity contribution in [2.45, 2.75) is 12.7 Å². The van der Waals surface area contributed by atoms with Crippen molar-refractivity contribution in [3.8, 4) is 11.3 Å². The fourth-order valence-corrected chi connectivity index (χ4v) is 3.27. The summed E-state index contributed by atoms with van der Waals surface area (Å²) < 4.78 is 10.6. The van der Waals surface area contributed by atoms with Crippen LogP contribution in [0.5, 0.6) is 0 Å². The molecule has 0 amide bonds. The minimum Gasteiger partial charge on any atom is -0.383 e. The highest BCUT2D eigenvalue weighted by molar-refractivity contribution is 7.64. The first-order valence-corrected chi connectivity index (χ1v) is 10.1. The molecule has 2 aromatic carbocycles. The van der Waals surface area contributed by atoms with Crippen LogP contribution in [0.1, 0.15) is 11.1 Å². The van der Waals surface area contributed by atoms with Crippen LogP contribution in [0.2, 0.25) is 5.02 Å². The van der Waals surface area contributed by atoms with E-state index in [0.717, 1.165) is 28.1 Å². The molecule has 144 valence electrons. The summed E-state index contributed by atoms with van der Waals surface area (Å²) in [5.74, 6) is 1.34. The summed E-state index contributed by atoms with van der Waals surface area (Å²) in [6, 6.07) is 15.4. The normalized spacial score (nSPS) is 10.5. The molecule has 0 atom stereocenters. The van der Waals surface area contributed by atoms with E-state index in [-0.39, 0.29) is 5.95 Å². The molecule has 0 aliphatic rings. The van der Waals surface area contributed by atoms with Crippen LogP contribution in [0.3, 0.4) is 0 Å². The van der Waals surface area contributed by atoms with Crippen molar-refractivity contribution in [3.05, 3.63) is 64.7 Å². The van der Waals surface area contributed by atoms with Crippen LogP contribution in [-0.4, -0.2) is 23.1 Å². The molecule has 0 aliphatic carbocycles. The summed E-state index contributed by atoms with van der Waals surface area (Å²) in [4.78, 5) is 8.58. The minimum absolute atomic E-state index is 0.208. The van der Waals surface area contributed by atoms with Gasteiger partial charge in [-0.05, 0) is 30.7 Å². The van der Waals surface area contributed by atoms with E-state index >= 15 is 0 Å². The molecule has 0 bridgehead atoms. The third-order valence-electron chi connectivity index (χ3n) is 4.23. The Morgan fingerprint density at radius 3 is 2.57 bits per heavy atom. The van der Waals surface area contributed by atoms with Gasteiger partial charge in [0.2, 0.25) is 5.95 Å². The topological polar surface area (TPSA) is 92.9 Å². The Morgan fingerprint density at radius 1 is 1.07 bits per heavy atom. The molecule has 0 saturated heterocycles. The monoisotopic (exact) mass is 414 g/mol. The van der Waals surface area contributed by atoms with E-state index < -0.39 is 0 Å². The Balaban J connectivity index is 1.61. The molecular weight excluding hydrogens is 394 g/mol. The molecule has 8 heteroatoms. The predicted molar refractivity (Wildman–Crippen MR) is 117 cm³/mol. The summed E-state index contributed by atoms with van der Waals surface area (Å²) in [6.45, 7) is 3.31. The molecule has 4 N–H and O–H groups in total. The molecule has 1 aromatic heterocycles. The summed E-state index contributed by atoms with van der Waals surface area (Å²) in [5.41, 5.74) is 10.5. The molecule has 6 nitrogen and oxygen atoms in total. The Morgan fingerprint density at radius 2 is 1.82 bits per heavy atom. The molecular formula is C20H21ClN5OS+. The lowest BCUT2D eigenvalue weighted by molar-refractivity contribution is 0.604. The number of aromatic nitrogens is 2. The standard InChI is InChI=1S/C20H21ClN5OS/c1-13-16(3-2-4-17(13)21)18-11-19(26-20(22)25-18)24-10-9-23-15-7-5-14(6-8-15)12-28-27/h2-8,11,23H,9-10,12H2,1H3,(H3,22,24,25,26)/q+1. The van der Waals surface area contributed by atoms with Gasteiger partial charge >= 0.3 is 11.7 Å². The zero-order valence-electron chi connectivity index (χ0n) is 15.4. The van der Waals surface area contributed by atoms with E-state index in [0.29, 0.717) is 41.3 Å². The van der Waals surface area contributed by atoms with Crippen LogP contribution in [0.25, 0.3) is 11.3 Å². The van der Waals surface area contributed by atoms with Crippen molar-refractivity contribution in [1.29, 1.82) is 0 Å². The smallest absolute Gasteiger partial charge is 0.383 e. The Bertz CT molecular complexity index is 965. The van der Waals surface area contributed by atoms with E-state index in [1.54, 1.807) is 0 Å². The molecule has 0 saturated carbocycles. The number of nitrogen functional groups attached to an aromatic ring is 1. The summed E-state index contributed by atoms with van der Waals surface area (Å²) in [6.07, 6.45) is 0. The number of hydrogen-bond donors (Lipinski definition) is 3. The lowest BCUT2D eigenvalue weighted by Crippen LogP contribution is -2.15. The molecule has 0 fully saturated rings.